The fourth-order valence-corrected chi connectivity index (χ4v) is 7.46. The van der Waals surface area contributed by atoms with E-state index in [9.17, 15) is 9.35 Å². The molecular formula is C22H32N2O3S. The molecule has 1 aromatic rings. The predicted molar refractivity (Wildman–Crippen MR) is 112 cm³/mol. The van der Waals surface area contributed by atoms with E-state index in [2.05, 4.69) is 43.3 Å². The van der Waals surface area contributed by atoms with E-state index >= 15 is 0 Å². The number of aryl methyl sites for hydroxylation is 2. The molecule has 0 aromatic heterocycles. The Labute approximate surface area is 171 Å². The van der Waals surface area contributed by atoms with Crippen LogP contribution in [0.4, 0.5) is 4.79 Å². The van der Waals surface area contributed by atoms with Gasteiger partial charge < -0.3 is 14.2 Å². The minimum Gasteiger partial charge on any atom is -0.598 e. The van der Waals surface area contributed by atoms with E-state index in [0.717, 1.165) is 25.9 Å². The van der Waals surface area contributed by atoms with Gasteiger partial charge in [0.05, 0.1) is 25.7 Å². The highest BCUT2D eigenvalue weighted by atomic mass is 32.2. The molecule has 2 aliphatic carbocycles. The molecule has 1 spiro atoms. The molecule has 0 bridgehead atoms. The second-order valence-electron chi connectivity index (χ2n) is 9.58. The van der Waals surface area contributed by atoms with E-state index in [1.165, 1.54) is 36.6 Å². The minimum absolute atomic E-state index is 0.157. The van der Waals surface area contributed by atoms with Crippen LogP contribution in [0.2, 0.25) is 0 Å². The zero-order chi connectivity index (χ0) is 20.3. The number of hydrogen-bond donors (Lipinski definition) is 0. The molecule has 1 heterocycles. The predicted octanol–water partition coefficient (Wildman–Crippen LogP) is 3.77. The summed E-state index contributed by atoms with van der Waals surface area (Å²) >= 11 is -0.937. The number of rotatable bonds is 4. The van der Waals surface area contributed by atoms with Crippen LogP contribution in [0, 0.1) is 19.3 Å². The molecule has 3 aliphatic rings. The summed E-state index contributed by atoms with van der Waals surface area (Å²) in [4.78, 5) is 13.4. The number of nitrogens with zero attached hydrogens (tertiary/aromatic N) is 2. The zero-order valence-corrected chi connectivity index (χ0v) is 18.5. The molecule has 1 saturated heterocycles. The van der Waals surface area contributed by atoms with Crippen molar-refractivity contribution in [3.8, 4) is 0 Å². The van der Waals surface area contributed by atoms with E-state index in [-0.39, 0.29) is 16.9 Å². The minimum atomic E-state index is -0.937. The third-order valence-electron chi connectivity index (χ3n) is 7.52. The average molecular weight is 405 g/mol. The van der Waals surface area contributed by atoms with Gasteiger partial charge in [-0.1, -0.05) is 18.2 Å². The van der Waals surface area contributed by atoms with Gasteiger partial charge in [0.2, 0.25) is 0 Å². The van der Waals surface area contributed by atoms with Crippen LogP contribution in [-0.4, -0.2) is 57.9 Å². The Hall–Kier alpha value is -1.24. The van der Waals surface area contributed by atoms with Crippen LogP contribution in [0.3, 0.4) is 0 Å². The number of benzene rings is 1. The second kappa shape index (κ2) is 6.92. The summed E-state index contributed by atoms with van der Waals surface area (Å²) in [6, 6.07) is 6.85. The van der Waals surface area contributed by atoms with E-state index in [0.29, 0.717) is 11.3 Å². The molecule has 5 nitrogen and oxygen atoms in total. The van der Waals surface area contributed by atoms with Crippen molar-refractivity contribution in [2.24, 2.45) is 5.41 Å². The highest BCUT2D eigenvalue weighted by molar-refractivity contribution is 7.89. The normalized spacial score (nSPS) is 30.1. The monoisotopic (exact) mass is 404 g/mol. The van der Waals surface area contributed by atoms with Crippen molar-refractivity contribution in [3.05, 3.63) is 34.9 Å². The molecule has 1 aliphatic heterocycles. The lowest BCUT2D eigenvalue weighted by Gasteiger charge is -2.59. The molecule has 1 unspecified atom stereocenters. The van der Waals surface area contributed by atoms with Crippen LogP contribution in [0.25, 0.3) is 0 Å². The van der Waals surface area contributed by atoms with Crippen LogP contribution < -0.4 is 0 Å². The molecule has 4 rings (SSSR count). The molecule has 154 valence electrons. The molecular weight excluding hydrogens is 372 g/mol. The number of amides is 1. The Morgan fingerprint density at radius 2 is 1.86 bits per heavy atom. The van der Waals surface area contributed by atoms with Crippen LogP contribution >= 0.6 is 0 Å². The quantitative estimate of drug-likeness (QED) is 0.717. The van der Waals surface area contributed by atoms with Gasteiger partial charge in [-0.2, -0.15) is 0 Å². The molecule has 0 N–H and O–H groups in total. The largest absolute Gasteiger partial charge is 0.598 e. The molecule has 1 aromatic carbocycles. The van der Waals surface area contributed by atoms with E-state index in [4.69, 9.17) is 4.74 Å². The Morgan fingerprint density at radius 1 is 1.21 bits per heavy atom. The van der Waals surface area contributed by atoms with Crippen LogP contribution in [0.5, 0.6) is 0 Å². The zero-order valence-electron chi connectivity index (χ0n) is 17.7. The Morgan fingerprint density at radius 3 is 2.43 bits per heavy atom. The maximum absolute atomic E-state index is 12.9. The number of hydrogen-bond acceptors (Lipinski definition) is 4. The fraction of sp³-hybridized carbons (Fsp3) is 0.682. The van der Waals surface area contributed by atoms with Gasteiger partial charge in [0.25, 0.3) is 0 Å². The molecule has 3 fully saturated rings. The SMILES string of the molecule is COC(=O)N(C)[C@]1(C)C[C@H]([S+]([O-])N2CC3(CC(c4ccc(C)c(C)c4)C3)C2)C1. The molecule has 0 radical (unpaired) electrons. The van der Waals surface area contributed by atoms with Gasteiger partial charge in [0.15, 0.2) is 0 Å². The van der Waals surface area contributed by atoms with Crippen molar-refractivity contribution in [3.63, 3.8) is 0 Å². The van der Waals surface area contributed by atoms with Crippen molar-refractivity contribution < 1.29 is 14.1 Å². The first kappa shape index (κ1) is 20.0. The Bertz CT molecular complexity index is 763. The van der Waals surface area contributed by atoms with E-state index in [1.54, 1.807) is 11.9 Å². The van der Waals surface area contributed by atoms with Gasteiger partial charge in [-0.15, -0.1) is 4.31 Å². The van der Waals surface area contributed by atoms with E-state index in [1.807, 2.05) is 0 Å². The first-order valence-electron chi connectivity index (χ1n) is 10.2. The number of carbonyl (C=O) groups is 1. The molecule has 1 amide bonds. The van der Waals surface area contributed by atoms with Crippen molar-refractivity contribution in [1.82, 2.24) is 9.21 Å². The van der Waals surface area contributed by atoms with Crippen molar-refractivity contribution in [2.75, 3.05) is 27.2 Å². The third kappa shape index (κ3) is 3.23. The summed E-state index contributed by atoms with van der Waals surface area (Å²) in [5, 5.41) is 0.157. The fourth-order valence-electron chi connectivity index (χ4n) is 5.23. The first-order valence-corrected chi connectivity index (χ1v) is 11.4. The summed E-state index contributed by atoms with van der Waals surface area (Å²) < 4.78 is 19.9. The molecule has 6 heteroatoms. The Kier molecular flexibility index (Phi) is 4.96. The van der Waals surface area contributed by atoms with Crippen molar-refractivity contribution in [2.45, 2.75) is 63.2 Å². The topological polar surface area (TPSA) is 55.8 Å². The lowest BCUT2D eigenvalue weighted by molar-refractivity contribution is -0.0283. The lowest BCUT2D eigenvalue weighted by Crippen LogP contribution is -2.67. The van der Waals surface area contributed by atoms with Crippen LogP contribution in [-0.2, 0) is 16.1 Å². The molecule has 28 heavy (non-hydrogen) atoms. The van der Waals surface area contributed by atoms with Gasteiger partial charge in [-0.3, -0.25) is 0 Å². The van der Waals surface area contributed by atoms with Gasteiger partial charge in [-0.25, -0.2) is 4.79 Å². The maximum atomic E-state index is 12.9. The summed E-state index contributed by atoms with van der Waals surface area (Å²) in [5.74, 6) is 0.663. The van der Waals surface area contributed by atoms with Crippen LogP contribution in [0.15, 0.2) is 18.2 Å². The number of methoxy groups -OCH3 is 1. The second-order valence-corrected chi connectivity index (χ2v) is 11.3. The van der Waals surface area contributed by atoms with Gasteiger partial charge >= 0.3 is 6.09 Å². The lowest BCUT2D eigenvalue weighted by atomic mass is 9.57. The van der Waals surface area contributed by atoms with Gasteiger partial charge in [0.1, 0.15) is 5.25 Å². The highest BCUT2D eigenvalue weighted by Crippen LogP contribution is 2.57. The number of ether oxygens (including phenoxy) is 1. The summed E-state index contributed by atoms with van der Waals surface area (Å²) in [5.41, 5.74) is 4.34. The Balaban J connectivity index is 1.25. The summed E-state index contributed by atoms with van der Waals surface area (Å²) in [6.07, 6.45) is 3.68. The van der Waals surface area contributed by atoms with Gasteiger partial charge in [0, 0.05) is 36.7 Å². The number of carbonyl (C=O) groups excluding carboxylic acids is 1. The smallest absolute Gasteiger partial charge is 0.409 e. The standard InChI is InChI=1S/C22H32N2O3S/c1-15-6-7-17(8-16(15)2)18-9-22(10-18)13-24(14-22)28(26)19-11-21(3,12-19)23(4)20(25)27-5/h6-8,18-19H,9-14H2,1-5H3/t19-,21+,28?. The molecule has 2 saturated carbocycles. The van der Waals surface area contributed by atoms with Crippen LogP contribution in [0.1, 0.15) is 55.2 Å². The van der Waals surface area contributed by atoms with Crippen molar-refractivity contribution in [1.29, 1.82) is 0 Å². The van der Waals surface area contributed by atoms with Gasteiger partial charge in [-0.05, 0) is 56.2 Å². The summed E-state index contributed by atoms with van der Waals surface area (Å²) in [6.45, 7) is 8.32. The summed E-state index contributed by atoms with van der Waals surface area (Å²) in [7, 11) is 3.17. The molecule has 1 atom stereocenters. The average Bonchev–Trinajstić information content (AvgIpc) is 2.57. The first-order chi connectivity index (χ1) is 13.2. The van der Waals surface area contributed by atoms with Crippen molar-refractivity contribution >= 4 is 17.5 Å². The van der Waals surface area contributed by atoms with E-state index < -0.39 is 11.4 Å². The third-order valence-corrected chi connectivity index (χ3v) is 9.19. The highest BCUT2D eigenvalue weighted by Gasteiger charge is 2.60. The maximum Gasteiger partial charge on any atom is 0.409 e.